The monoisotopic (exact) mass is 341 g/mol. The largest absolute Gasteiger partial charge is 0.462 e. The molecule has 2 N–H and O–H groups in total. The first kappa shape index (κ1) is 16.0. The van der Waals surface area contributed by atoms with Gasteiger partial charge in [0, 0.05) is 20.5 Å². The van der Waals surface area contributed by atoms with E-state index in [1.807, 2.05) is 0 Å². The van der Waals surface area contributed by atoms with E-state index in [9.17, 15) is 4.79 Å². The smallest absolute Gasteiger partial charge is 0.339 e. The third-order valence-corrected chi connectivity index (χ3v) is 4.42. The van der Waals surface area contributed by atoms with Crippen molar-refractivity contribution >= 4 is 46.6 Å². The molecule has 0 fully saturated rings. The van der Waals surface area contributed by atoms with Gasteiger partial charge in [0.15, 0.2) is 0 Å². The Morgan fingerprint density at radius 1 is 1.19 bits per heavy atom. The lowest BCUT2D eigenvalue weighted by molar-refractivity contribution is 0.0522. The van der Waals surface area contributed by atoms with Gasteiger partial charge in [-0.2, -0.15) is 0 Å². The molecule has 0 unspecified atom stereocenters. The molecule has 0 atom stereocenters. The van der Waals surface area contributed by atoms with Gasteiger partial charge in [0.05, 0.1) is 17.2 Å². The maximum absolute atomic E-state index is 12.0. The lowest BCUT2D eigenvalue weighted by Crippen LogP contribution is -2.07. The van der Waals surface area contributed by atoms with E-state index in [2.05, 4.69) is 0 Å². The zero-order chi connectivity index (χ0) is 15.4. The van der Waals surface area contributed by atoms with E-state index in [0.717, 1.165) is 4.90 Å². The van der Waals surface area contributed by atoms with Crippen LogP contribution >= 0.6 is 35.0 Å². The maximum Gasteiger partial charge on any atom is 0.339 e. The van der Waals surface area contributed by atoms with Gasteiger partial charge < -0.3 is 10.5 Å². The molecule has 0 aromatic heterocycles. The van der Waals surface area contributed by atoms with Crippen molar-refractivity contribution in [3.05, 3.63) is 52.0 Å². The maximum atomic E-state index is 12.0. The number of ether oxygens (including phenoxy) is 1. The predicted molar refractivity (Wildman–Crippen MR) is 87.4 cm³/mol. The average molecular weight is 342 g/mol. The summed E-state index contributed by atoms with van der Waals surface area (Å²) in [7, 11) is 0. The molecule has 0 bridgehead atoms. The van der Waals surface area contributed by atoms with Crippen molar-refractivity contribution in [1.29, 1.82) is 0 Å². The van der Waals surface area contributed by atoms with Crippen molar-refractivity contribution in [3.63, 3.8) is 0 Å². The molecule has 2 aromatic rings. The quantitative estimate of drug-likeness (QED) is 0.634. The molecule has 2 rings (SSSR count). The van der Waals surface area contributed by atoms with Gasteiger partial charge >= 0.3 is 5.97 Å². The predicted octanol–water partition coefficient (Wildman–Crippen LogP) is 4.90. The minimum atomic E-state index is -0.412. The van der Waals surface area contributed by atoms with E-state index in [0.29, 0.717) is 32.8 Å². The van der Waals surface area contributed by atoms with Gasteiger partial charge in [0.25, 0.3) is 0 Å². The van der Waals surface area contributed by atoms with Crippen LogP contribution in [0.1, 0.15) is 17.3 Å². The lowest BCUT2D eigenvalue weighted by atomic mass is 10.2. The van der Waals surface area contributed by atoms with Crippen LogP contribution in [0.5, 0.6) is 0 Å². The summed E-state index contributed by atoms with van der Waals surface area (Å²) < 4.78 is 5.05. The normalized spacial score (nSPS) is 10.4. The number of benzene rings is 2. The van der Waals surface area contributed by atoms with Crippen LogP contribution in [0.4, 0.5) is 5.69 Å². The standard InChI is InChI=1S/C15H13Cl2NO2S/c1-2-20-15(19)11-8-10(18)4-6-13(11)21-14-7-9(16)3-5-12(14)17/h3-8H,2,18H2,1H3. The number of nitrogen functional groups attached to an aromatic ring is 1. The molecule has 3 nitrogen and oxygen atoms in total. The SMILES string of the molecule is CCOC(=O)c1cc(N)ccc1Sc1cc(Cl)ccc1Cl. The Hall–Kier alpha value is -1.36. The van der Waals surface area contributed by atoms with E-state index >= 15 is 0 Å². The van der Waals surface area contributed by atoms with E-state index in [-0.39, 0.29) is 0 Å². The van der Waals surface area contributed by atoms with Crippen molar-refractivity contribution < 1.29 is 9.53 Å². The van der Waals surface area contributed by atoms with E-state index < -0.39 is 5.97 Å². The Labute approximate surface area is 137 Å². The molecular formula is C15H13Cl2NO2S. The molecule has 0 aliphatic carbocycles. The fraction of sp³-hybridized carbons (Fsp3) is 0.133. The van der Waals surface area contributed by atoms with E-state index in [1.54, 1.807) is 43.3 Å². The molecule has 0 heterocycles. The number of carbonyl (C=O) groups is 1. The fourth-order valence-electron chi connectivity index (χ4n) is 1.68. The number of esters is 1. The third kappa shape index (κ3) is 4.06. The van der Waals surface area contributed by atoms with E-state index in [4.69, 9.17) is 33.7 Å². The number of halogens is 2. The average Bonchev–Trinajstić information content (AvgIpc) is 2.45. The second-order valence-electron chi connectivity index (χ2n) is 4.15. The Morgan fingerprint density at radius 2 is 1.95 bits per heavy atom. The van der Waals surface area contributed by atoms with Crippen LogP contribution < -0.4 is 5.73 Å². The number of carbonyl (C=O) groups excluding carboxylic acids is 1. The minimum Gasteiger partial charge on any atom is -0.462 e. The number of hydrogen-bond donors (Lipinski definition) is 1. The summed E-state index contributed by atoms with van der Waals surface area (Å²) in [5.41, 5.74) is 6.66. The zero-order valence-corrected chi connectivity index (χ0v) is 13.6. The van der Waals surface area contributed by atoms with Crippen LogP contribution in [-0.2, 0) is 4.74 Å². The molecule has 0 aliphatic rings. The van der Waals surface area contributed by atoms with Crippen LogP contribution in [0.25, 0.3) is 0 Å². The van der Waals surface area contributed by atoms with Crippen LogP contribution in [0.15, 0.2) is 46.2 Å². The molecule has 0 spiro atoms. The summed E-state index contributed by atoms with van der Waals surface area (Å²) in [4.78, 5) is 13.5. The topological polar surface area (TPSA) is 52.3 Å². The van der Waals surface area contributed by atoms with Gasteiger partial charge in [-0.15, -0.1) is 0 Å². The molecular weight excluding hydrogens is 329 g/mol. The first-order valence-corrected chi connectivity index (χ1v) is 7.78. The number of anilines is 1. The summed E-state index contributed by atoms with van der Waals surface area (Å²) in [6.45, 7) is 2.06. The van der Waals surface area contributed by atoms with Gasteiger partial charge in [-0.25, -0.2) is 4.79 Å². The second kappa shape index (κ2) is 7.07. The molecule has 0 aliphatic heterocycles. The molecule has 0 radical (unpaired) electrons. The number of hydrogen-bond acceptors (Lipinski definition) is 4. The Balaban J connectivity index is 2.39. The zero-order valence-electron chi connectivity index (χ0n) is 11.2. The summed E-state index contributed by atoms with van der Waals surface area (Å²) in [6.07, 6.45) is 0. The molecule has 2 aromatic carbocycles. The van der Waals surface area contributed by atoms with Crippen LogP contribution in [0.3, 0.4) is 0 Å². The number of rotatable bonds is 4. The Morgan fingerprint density at radius 3 is 2.67 bits per heavy atom. The Kier molecular flexibility index (Phi) is 5.39. The summed E-state index contributed by atoms with van der Waals surface area (Å²) in [5, 5.41) is 1.14. The number of nitrogens with two attached hydrogens (primary N) is 1. The van der Waals surface area contributed by atoms with Crippen molar-refractivity contribution in [2.24, 2.45) is 0 Å². The molecule has 0 saturated carbocycles. The van der Waals surface area contributed by atoms with Crippen LogP contribution in [-0.4, -0.2) is 12.6 Å². The third-order valence-electron chi connectivity index (χ3n) is 2.61. The van der Waals surface area contributed by atoms with Crippen molar-refractivity contribution in [2.75, 3.05) is 12.3 Å². The molecule has 0 saturated heterocycles. The molecule has 21 heavy (non-hydrogen) atoms. The highest BCUT2D eigenvalue weighted by Gasteiger charge is 2.15. The van der Waals surface area contributed by atoms with Gasteiger partial charge in [0.1, 0.15) is 0 Å². The first-order chi connectivity index (χ1) is 10.0. The van der Waals surface area contributed by atoms with Crippen molar-refractivity contribution in [3.8, 4) is 0 Å². The first-order valence-electron chi connectivity index (χ1n) is 6.20. The summed E-state index contributed by atoms with van der Waals surface area (Å²) >= 11 is 13.5. The summed E-state index contributed by atoms with van der Waals surface area (Å²) in [6, 6.07) is 10.3. The van der Waals surface area contributed by atoms with Gasteiger partial charge in [-0.3, -0.25) is 0 Å². The lowest BCUT2D eigenvalue weighted by Gasteiger charge is -2.10. The van der Waals surface area contributed by atoms with Gasteiger partial charge in [-0.05, 0) is 43.3 Å². The van der Waals surface area contributed by atoms with Crippen molar-refractivity contribution in [2.45, 2.75) is 16.7 Å². The van der Waals surface area contributed by atoms with Gasteiger partial charge in [-0.1, -0.05) is 35.0 Å². The highest BCUT2D eigenvalue weighted by Crippen LogP contribution is 2.37. The summed E-state index contributed by atoms with van der Waals surface area (Å²) in [5.74, 6) is -0.412. The minimum absolute atomic E-state index is 0.301. The molecule has 110 valence electrons. The van der Waals surface area contributed by atoms with Crippen LogP contribution in [0, 0.1) is 0 Å². The van der Waals surface area contributed by atoms with Crippen molar-refractivity contribution in [1.82, 2.24) is 0 Å². The van der Waals surface area contributed by atoms with Crippen LogP contribution in [0.2, 0.25) is 10.0 Å². The molecule has 6 heteroatoms. The van der Waals surface area contributed by atoms with Gasteiger partial charge in [0.2, 0.25) is 0 Å². The fourth-order valence-corrected chi connectivity index (χ4v) is 3.13. The Bertz CT molecular complexity index is 677. The highest BCUT2D eigenvalue weighted by atomic mass is 35.5. The van der Waals surface area contributed by atoms with E-state index in [1.165, 1.54) is 11.8 Å². The second-order valence-corrected chi connectivity index (χ2v) is 6.08. The highest BCUT2D eigenvalue weighted by molar-refractivity contribution is 7.99. The molecule has 0 amide bonds.